The van der Waals surface area contributed by atoms with Gasteiger partial charge in [-0.25, -0.2) is 4.99 Å². The van der Waals surface area contributed by atoms with Crippen molar-refractivity contribution in [2.75, 3.05) is 19.3 Å². The average Bonchev–Trinajstić information content (AvgIpc) is 2.68. The minimum Gasteiger partial charge on any atom is -0.357 e. The van der Waals surface area contributed by atoms with Crippen LogP contribution >= 0.6 is 58.9 Å². The van der Waals surface area contributed by atoms with Crippen molar-refractivity contribution in [2.24, 2.45) is 12.0 Å². The average molecular weight is 465 g/mol. The molecule has 4 nitrogen and oxygen atoms in total. The Kier molecular flexibility index (Phi) is 11.0. The number of nitrogens with one attached hydrogen (secondary N) is 2. The molecule has 0 saturated heterocycles. The van der Waals surface area contributed by atoms with E-state index in [2.05, 4.69) is 28.8 Å². The van der Waals surface area contributed by atoms with Crippen molar-refractivity contribution >= 4 is 64.9 Å². The van der Waals surface area contributed by atoms with E-state index in [-0.39, 0.29) is 24.0 Å². The Bertz CT molecular complexity index is 465. The van der Waals surface area contributed by atoms with Crippen molar-refractivity contribution in [3.63, 3.8) is 0 Å². The van der Waals surface area contributed by atoms with Gasteiger partial charge >= 0.3 is 0 Å². The van der Waals surface area contributed by atoms with Gasteiger partial charge in [0.15, 0.2) is 5.96 Å². The van der Waals surface area contributed by atoms with Crippen LogP contribution in [0.2, 0.25) is 10.2 Å². The molecule has 0 aliphatic heterocycles. The van der Waals surface area contributed by atoms with E-state index in [0.29, 0.717) is 22.0 Å². The number of hydrogen-bond donors (Lipinski definition) is 2. The summed E-state index contributed by atoms with van der Waals surface area (Å²) in [6.45, 7) is 6.46. The van der Waals surface area contributed by atoms with E-state index in [1.807, 2.05) is 36.4 Å². The monoisotopic (exact) mass is 464 g/mol. The second-order valence-corrected chi connectivity index (χ2v) is 6.50. The Balaban J connectivity index is 0.00000400. The van der Waals surface area contributed by atoms with Crippen molar-refractivity contribution in [1.29, 1.82) is 0 Å². The highest BCUT2D eigenvalue weighted by Gasteiger charge is 2.09. The number of thioether (sulfide) groups is 1. The minimum atomic E-state index is 0. The molecule has 2 N–H and O–H groups in total. The molecule has 1 atom stereocenters. The molecule has 0 saturated carbocycles. The first-order valence-electron chi connectivity index (χ1n) is 6.54. The molecule has 1 aromatic rings. The van der Waals surface area contributed by atoms with Crippen LogP contribution in [0.15, 0.2) is 11.1 Å². The van der Waals surface area contributed by atoms with E-state index < -0.39 is 0 Å². The van der Waals surface area contributed by atoms with Gasteiger partial charge in [0.05, 0.1) is 11.6 Å². The molecule has 1 rings (SSSR count). The summed E-state index contributed by atoms with van der Waals surface area (Å²) in [5.41, 5.74) is 0.982. The summed E-state index contributed by atoms with van der Waals surface area (Å²) in [5.74, 6) is 0.807. The molecule has 21 heavy (non-hydrogen) atoms. The number of hydrogen-bond acceptors (Lipinski definition) is 2. The third-order valence-corrected chi connectivity index (χ3v) is 4.73. The summed E-state index contributed by atoms with van der Waals surface area (Å²) in [4.78, 5) is 4.55. The molecule has 1 unspecified atom stereocenters. The Hall–Kier alpha value is 0.210. The molecule has 1 heterocycles. The second-order valence-electron chi connectivity index (χ2n) is 4.46. The van der Waals surface area contributed by atoms with Crippen LogP contribution in [0.25, 0.3) is 0 Å². The van der Waals surface area contributed by atoms with Crippen LogP contribution in [0.1, 0.15) is 19.5 Å². The predicted molar refractivity (Wildman–Crippen MR) is 107 cm³/mol. The standard InChI is InChI=1S/C13H22Cl2N4S.HI/c1-5-16-13(17-7-9(2)20-4)18-8-10-6-11(14)12(15)19(10)3;/h6,9H,5,7-8H2,1-4H3,(H2,16,17,18);1H. The Morgan fingerprint density at radius 2 is 2.10 bits per heavy atom. The highest BCUT2D eigenvalue weighted by atomic mass is 127. The highest BCUT2D eigenvalue weighted by molar-refractivity contribution is 14.0. The van der Waals surface area contributed by atoms with Gasteiger partial charge in [-0.15, -0.1) is 24.0 Å². The zero-order valence-corrected chi connectivity index (χ0v) is 17.4. The quantitative estimate of drug-likeness (QED) is 0.382. The summed E-state index contributed by atoms with van der Waals surface area (Å²) in [6, 6.07) is 1.85. The van der Waals surface area contributed by atoms with Crippen molar-refractivity contribution in [1.82, 2.24) is 15.2 Å². The lowest BCUT2D eigenvalue weighted by molar-refractivity contribution is 0.777. The van der Waals surface area contributed by atoms with E-state index >= 15 is 0 Å². The maximum Gasteiger partial charge on any atom is 0.191 e. The molecule has 122 valence electrons. The first-order valence-corrected chi connectivity index (χ1v) is 8.58. The van der Waals surface area contributed by atoms with Crippen LogP contribution in [0.5, 0.6) is 0 Å². The normalized spacial score (nSPS) is 12.8. The summed E-state index contributed by atoms with van der Waals surface area (Å²) in [6.07, 6.45) is 2.10. The Labute approximate surface area is 158 Å². The number of aromatic nitrogens is 1. The number of rotatable bonds is 6. The van der Waals surface area contributed by atoms with Crippen LogP contribution in [-0.4, -0.2) is 35.1 Å². The summed E-state index contributed by atoms with van der Waals surface area (Å²) in [5, 5.41) is 8.20. The molecule has 0 radical (unpaired) electrons. The first kappa shape index (κ1) is 21.2. The van der Waals surface area contributed by atoms with Crippen LogP contribution in [0, 0.1) is 0 Å². The van der Waals surface area contributed by atoms with E-state index in [4.69, 9.17) is 23.2 Å². The first-order chi connectivity index (χ1) is 9.49. The van der Waals surface area contributed by atoms with Crippen LogP contribution in [-0.2, 0) is 13.6 Å². The summed E-state index contributed by atoms with van der Waals surface area (Å²) in [7, 11) is 1.88. The third-order valence-electron chi connectivity index (χ3n) is 2.92. The minimum absolute atomic E-state index is 0. The Morgan fingerprint density at radius 1 is 1.43 bits per heavy atom. The summed E-state index contributed by atoms with van der Waals surface area (Å²) < 4.78 is 1.85. The van der Waals surface area contributed by atoms with Gasteiger partial charge in [0.2, 0.25) is 0 Å². The smallest absolute Gasteiger partial charge is 0.191 e. The van der Waals surface area contributed by atoms with Gasteiger partial charge < -0.3 is 15.2 Å². The lowest BCUT2D eigenvalue weighted by atomic mass is 10.4. The molecule has 0 bridgehead atoms. The zero-order valence-electron chi connectivity index (χ0n) is 12.7. The predicted octanol–water partition coefficient (Wildman–Crippen LogP) is 3.76. The molecule has 0 spiro atoms. The fourth-order valence-electron chi connectivity index (χ4n) is 1.57. The SMILES string of the molecule is CCNC(=NCc1cc(Cl)c(Cl)n1C)NCC(C)SC.I. The van der Waals surface area contributed by atoms with E-state index in [1.54, 1.807) is 0 Å². The van der Waals surface area contributed by atoms with E-state index in [1.165, 1.54) is 0 Å². The van der Waals surface area contributed by atoms with Gasteiger partial charge in [0.1, 0.15) is 5.15 Å². The van der Waals surface area contributed by atoms with E-state index in [9.17, 15) is 0 Å². The van der Waals surface area contributed by atoms with Crippen LogP contribution < -0.4 is 10.6 Å². The number of aliphatic imine (C=N–C) groups is 1. The fraction of sp³-hybridized carbons (Fsp3) is 0.615. The topological polar surface area (TPSA) is 41.4 Å². The maximum atomic E-state index is 6.04. The number of guanidine groups is 1. The van der Waals surface area contributed by atoms with Crippen LogP contribution in [0.3, 0.4) is 0 Å². The van der Waals surface area contributed by atoms with Crippen molar-refractivity contribution < 1.29 is 0 Å². The van der Waals surface area contributed by atoms with Crippen LogP contribution in [0.4, 0.5) is 0 Å². The number of nitrogens with zero attached hydrogens (tertiary/aromatic N) is 2. The van der Waals surface area contributed by atoms with Crippen molar-refractivity contribution in [3.05, 3.63) is 21.9 Å². The number of halogens is 3. The second kappa shape index (κ2) is 10.9. The third kappa shape index (κ3) is 6.88. The fourth-order valence-corrected chi connectivity index (χ4v) is 2.23. The molecule has 1 aromatic heterocycles. The summed E-state index contributed by atoms with van der Waals surface area (Å²) >= 11 is 13.9. The van der Waals surface area contributed by atoms with Gasteiger partial charge in [-0.3, -0.25) is 0 Å². The van der Waals surface area contributed by atoms with Crippen molar-refractivity contribution in [2.45, 2.75) is 25.6 Å². The molecule has 0 aromatic carbocycles. The van der Waals surface area contributed by atoms with Gasteiger partial charge in [-0.05, 0) is 19.2 Å². The molecule has 0 aliphatic carbocycles. The lowest BCUT2D eigenvalue weighted by Crippen LogP contribution is -2.40. The highest BCUT2D eigenvalue weighted by Crippen LogP contribution is 2.25. The molecule has 0 amide bonds. The van der Waals surface area contributed by atoms with Gasteiger partial charge in [-0.1, -0.05) is 30.1 Å². The molecule has 8 heteroatoms. The molecular weight excluding hydrogens is 442 g/mol. The van der Waals surface area contributed by atoms with Gasteiger partial charge in [-0.2, -0.15) is 11.8 Å². The lowest BCUT2D eigenvalue weighted by Gasteiger charge is -2.14. The molecular formula is C13H23Cl2IN4S. The Morgan fingerprint density at radius 3 is 2.57 bits per heavy atom. The van der Waals surface area contributed by atoms with Crippen molar-refractivity contribution in [3.8, 4) is 0 Å². The maximum absolute atomic E-state index is 6.04. The molecule has 0 fully saturated rings. The zero-order chi connectivity index (χ0) is 15.1. The van der Waals surface area contributed by atoms with Gasteiger partial charge in [0, 0.05) is 31.1 Å². The van der Waals surface area contributed by atoms with Gasteiger partial charge in [0.25, 0.3) is 0 Å². The molecule has 0 aliphatic rings. The largest absolute Gasteiger partial charge is 0.357 e. The van der Waals surface area contributed by atoms with E-state index in [0.717, 1.165) is 24.7 Å².